The molecule has 0 aliphatic carbocycles. The summed E-state index contributed by atoms with van der Waals surface area (Å²) in [6, 6.07) is 11.4. The van der Waals surface area contributed by atoms with E-state index in [9.17, 15) is 4.79 Å². The molecule has 0 saturated heterocycles. The Balaban J connectivity index is 1.62. The molecule has 1 amide bonds. The molecule has 124 valence electrons. The molecular formula is C17H20N6O. The van der Waals surface area contributed by atoms with Gasteiger partial charge in [0.1, 0.15) is 5.82 Å². The molecule has 1 atom stereocenters. The molecule has 7 heteroatoms. The first-order valence-electron chi connectivity index (χ1n) is 7.62. The Bertz CT molecular complexity index is 760. The maximum atomic E-state index is 12.3. The van der Waals surface area contributed by atoms with E-state index in [0.29, 0.717) is 12.4 Å². The second-order valence-electron chi connectivity index (χ2n) is 5.53. The molecule has 1 aromatic heterocycles. The maximum Gasteiger partial charge on any atom is 0.267 e. The van der Waals surface area contributed by atoms with Crippen molar-refractivity contribution in [2.45, 2.75) is 12.7 Å². The van der Waals surface area contributed by atoms with Crippen molar-refractivity contribution in [3.05, 3.63) is 60.6 Å². The van der Waals surface area contributed by atoms with E-state index in [4.69, 9.17) is 5.73 Å². The molecule has 2 heterocycles. The molecule has 1 unspecified atom stereocenters. The number of amides is 1. The van der Waals surface area contributed by atoms with Gasteiger partial charge in [-0.3, -0.25) is 4.79 Å². The van der Waals surface area contributed by atoms with Gasteiger partial charge in [0, 0.05) is 37.9 Å². The van der Waals surface area contributed by atoms with Gasteiger partial charge in [0.25, 0.3) is 5.91 Å². The summed E-state index contributed by atoms with van der Waals surface area (Å²) in [5.41, 5.74) is 8.38. The van der Waals surface area contributed by atoms with Crippen molar-refractivity contribution in [1.82, 2.24) is 15.2 Å². The normalized spacial score (nSPS) is 15.9. The first-order chi connectivity index (χ1) is 11.6. The van der Waals surface area contributed by atoms with E-state index in [1.54, 1.807) is 12.4 Å². The Hall–Kier alpha value is -3.22. The Morgan fingerprint density at radius 2 is 2.25 bits per heavy atom. The first-order valence-corrected chi connectivity index (χ1v) is 7.62. The van der Waals surface area contributed by atoms with Gasteiger partial charge in [-0.2, -0.15) is 0 Å². The Kier molecular flexibility index (Phi) is 4.51. The highest BCUT2D eigenvalue weighted by atomic mass is 16.2. The molecular weight excluding hydrogens is 304 g/mol. The number of carbonyl (C=O) groups excluding carboxylic acids is 1. The lowest BCUT2D eigenvalue weighted by Crippen LogP contribution is -2.43. The van der Waals surface area contributed by atoms with E-state index >= 15 is 0 Å². The van der Waals surface area contributed by atoms with Crippen LogP contribution >= 0.6 is 0 Å². The van der Waals surface area contributed by atoms with Crippen LogP contribution < -0.4 is 21.7 Å². The van der Waals surface area contributed by atoms with Crippen LogP contribution in [-0.4, -0.2) is 29.0 Å². The fourth-order valence-corrected chi connectivity index (χ4v) is 2.45. The monoisotopic (exact) mass is 324 g/mol. The molecule has 0 bridgehead atoms. The number of hydrogen-bond donors (Lipinski definition) is 4. The Morgan fingerprint density at radius 3 is 3.00 bits per heavy atom. The van der Waals surface area contributed by atoms with Crippen molar-refractivity contribution < 1.29 is 4.79 Å². The molecule has 0 saturated carbocycles. The average molecular weight is 324 g/mol. The number of rotatable bonds is 5. The van der Waals surface area contributed by atoms with Crippen molar-refractivity contribution in [2.75, 3.05) is 23.4 Å². The van der Waals surface area contributed by atoms with Crippen molar-refractivity contribution in [3.63, 3.8) is 0 Å². The molecule has 1 aromatic carbocycles. The van der Waals surface area contributed by atoms with Crippen molar-refractivity contribution in [1.29, 1.82) is 0 Å². The number of nitrogens with zero attached hydrogens (tertiary/aromatic N) is 2. The fraction of sp³-hybridized carbons (Fsp3) is 0.176. The second kappa shape index (κ2) is 6.91. The molecule has 0 spiro atoms. The molecule has 1 aliphatic rings. The zero-order valence-corrected chi connectivity index (χ0v) is 13.4. The van der Waals surface area contributed by atoms with E-state index in [1.807, 2.05) is 54.5 Å². The van der Waals surface area contributed by atoms with Gasteiger partial charge >= 0.3 is 0 Å². The number of anilines is 3. The standard InChI is InChI=1S/C17H20N6O/c1-23-9-8-20-16(23)17(24)22-13-5-2-4-12(10-13)11-21-14-6-3-7-19-15(14)18/h2-10,16,20-21H,11H2,1H3,(H2,18,19)(H,22,24). The molecule has 7 nitrogen and oxygen atoms in total. The van der Waals surface area contributed by atoms with Crippen molar-refractivity contribution in [2.24, 2.45) is 0 Å². The van der Waals surface area contributed by atoms with Gasteiger partial charge in [-0.1, -0.05) is 12.1 Å². The van der Waals surface area contributed by atoms with E-state index in [1.165, 1.54) is 0 Å². The Morgan fingerprint density at radius 1 is 1.38 bits per heavy atom. The van der Waals surface area contributed by atoms with Crippen LogP contribution in [0.3, 0.4) is 0 Å². The summed E-state index contributed by atoms with van der Waals surface area (Å²) in [5.74, 6) is 0.355. The van der Waals surface area contributed by atoms with Gasteiger partial charge in [-0.25, -0.2) is 4.98 Å². The topological polar surface area (TPSA) is 95.3 Å². The summed E-state index contributed by atoms with van der Waals surface area (Å²) in [6.45, 7) is 0.586. The van der Waals surface area contributed by atoms with Gasteiger partial charge < -0.3 is 26.6 Å². The minimum atomic E-state index is -0.387. The smallest absolute Gasteiger partial charge is 0.267 e. The van der Waals surface area contributed by atoms with E-state index in [-0.39, 0.29) is 12.1 Å². The quantitative estimate of drug-likeness (QED) is 0.666. The molecule has 1 aliphatic heterocycles. The molecule has 24 heavy (non-hydrogen) atoms. The number of nitrogens with one attached hydrogen (secondary N) is 3. The van der Waals surface area contributed by atoms with Crippen molar-refractivity contribution in [3.8, 4) is 0 Å². The minimum Gasteiger partial charge on any atom is -0.382 e. The number of pyridine rings is 1. The molecule has 0 fully saturated rings. The van der Waals surface area contributed by atoms with Crippen LogP contribution in [0.15, 0.2) is 55.0 Å². The Labute approximate surface area is 140 Å². The number of benzene rings is 1. The zero-order chi connectivity index (χ0) is 16.9. The van der Waals surface area contributed by atoms with Gasteiger partial charge in [-0.05, 0) is 29.8 Å². The van der Waals surface area contributed by atoms with Gasteiger partial charge in [-0.15, -0.1) is 0 Å². The number of likely N-dealkylation sites (N-methyl/N-ethyl adjacent to an activating group) is 1. The van der Waals surface area contributed by atoms with Crippen LogP contribution in [0.4, 0.5) is 17.2 Å². The molecule has 0 radical (unpaired) electrons. The number of aromatic nitrogens is 1. The van der Waals surface area contributed by atoms with E-state index < -0.39 is 0 Å². The van der Waals surface area contributed by atoms with Crippen LogP contribution in [0, 0.1) is 0 Å². The van der Waals surface area contributed by atoms with Crippen LogP contribution in [-0.2, 0) is 11.3 Å². The third kappa shape index (κ3) is 3.57. The van der Waals surface area contributed by atoms with Gasteiger partial charge in [0.05, 0.1) is 5.69 Å². The molecule has 5 N–H and O–H groups in total. The summed E-state index contributed by atoms with van der Waals surface area (Å²) in [5, 5.41) is 9.15. The summed E-state index contributed by atoms with van der Waals surface area (Å²) in [6.07, 6.45) is 4.84. The maximum absolute atomic E-state index is 12.3. The summed E-state index contributed by atoms with van der Waals surface area (Å²) in [4.78, 5) is 18.1. The lowest BCUT2D eigenvalue weighted by atomic mass is 10.2. The zero-order valence-electron chi connectivity index (χ0n) is 13.4. The number of hydrogen-bond acceptors (Lipinski definition) is 6. The van der Waals surface area contributed by atoms with Gasteiger partial charge in [0.2, 0.25) is 0 Å². The third-order valence-corrected chi connectivity index (χ3v) is 3.74. The predicted molar refractivity (Wildman–Crippen MR) is 94.9 cm³/mol. The largest absolute Gasteiger partial charge is 0.382 e. The van der Waals surface area contributed by atoms with Gasteiger partial charge in [0.15, 0.2) is 6.17 Å². The van der Waals surface area contributed by atoms with Crippen LogP contribution in [0.5, 0.6) is 0 Å². The lowest BCUT2D eigenvalue weighted by molar-refractivity contribution is -0.120. The van der Waals surface area contributed by atoms with Crippen LogP contribution in [0.25, 0.3) is 0 Å². The second-order valence-corrected chi connectivity index (χ2v) is 5.53. The summed E-state index contributed by atoms with van der Waals surface area (Å²) >= 11 is 0. The van der Waals surface area contributed by atoms with Crippen molar-refractivity contribution >= 4 is 23.1 Å². The highest BCUT2D eigenvalue weighted by Gasteiger charge is 2.23. The SMILES string of the molecule is CN1C=CNC1C(=O)Nc1cccc(CNc2cccnc2N)c1. The summed E-state index contributed by atoms with van der Waals surface area (Å²) < 4.78 is 0. The minimum absolute atomic E-state index is 0.107. The summed E-state index contributed by atoms with van der Waals surface area (Å²) in [7, 11) is 1.85. The molecule has 2 aromatic rings. The highest BCUT2D eigenvalue weighted by molar-refractivity contribution is 5.95. The number of nitrogen functional groups attached to an aromatic ring is 1. The van der Waals surface area contributed by atoms with Crippen LogP contribution in [0.2, 0.25) is 0 Å². The number of carbonyl (C=O) groups is 1. The van der Waals surface area contributed by atoms with Crippen LogP contribution in [0.1, 0.15) is 5.56 Å². The fourth-order valence-electron chi connectivity index (χ4n) is 2.45. The lowest BCUT2D eigenvalue weighted by Gasteiger charge is -2.20. The average Bonchev–Trinajstić information content (AvgIpc) is 3.01. The highest BCUT2D eigenvalue weighted by Crippen LogP contribution is 2.17. The van der Waals surface area contributed by atoms with E-state index in [2.05, 4.69) is 20.9 Å². The molecule has 3 rings (SSSR count). The predicted octanol–water partition coefficient (Wildman–Crippen LogP) is 1.55. The van der Waals surface area contributed by atoms with E-state index in [0.717, 1.165) is 16.9 Å². The number of nitrogens with two attached hydrogens (primary N) is 1. The third-order valence-electron chi connectivity index (χ3n) is 3.74. The first kappa shape index (κ1) is 15.7.